The molecule has 0 aliphatic heterocycles. The zero-order valence-corrected chi connectivity index (χ0v) is 25.8. The quantitative estimate of drug-likeness (QED) is 0.215. The first-order valence-corrected chi connectivity index (χ1v) is 15.9. The number of sulfonamides is 1. The van der Waals surface area contributed by atoms with Crippen LogP contribution in [0.15, 0.2) is 114 Å². The second-order valence-corrected chi connectivity index (χ2v) is 12.5. The highest BCUT2D eigenvalue weighted by molar-refractivity contribution is 7.92. The van der Waals surface area contributed by atoms with Gasteiger partial charge in [0.05, 0.1) is 10.6 Å². The van der Waals surface area contributed by atoms with E-state index in [-0.39, 0.29) is 23.8 Å². The molecule has 224 valence electrons. The van der Waals surface area contributed by atoms with Crippen LogP contribution in [0.3, 0.4) is 0 Å². The van der Waals surface area contributed by atoms with Crippen molar-refractivity contribution in [3.63, 3.8) is 0 Å². The first-order valence-electron chi connectivity index (χ1n) is 14.5. The Balaban J connectivity index is 1.78. The summed E-state index contributed by atoms with van der Waals surface area (Å²) in [5, 5.41) is 2.96. The molecule has 0 bridgehead atoms. The van der Waals surface area contributed by atoms with Gasteiger partial charge in [-0.15, -0.1) is 0 Å². The van der Waals surface area contributed by atoms with Gasteiger partial charge in [-0.2, -0.15) is 0 Å². The van der Waals surface area contributed by atoms with Crippen LogP contribution in [-0.4, -0.2) is 44.3 Å². The molecule has 8 heteroatoms. The van der Waals surface area contributed by atoms with Crippen molar-refractivity contribution in [3.05, 3.63) is 131 Å². The molecule has 0 radical (unpaired) electrons. The average Bonchev–Trinajstić information content (AvgIpc) is 3.01. The van der Waals surface area contributed by atoms with E-state index in [0.717, 1.165) is 33.0 Å². The Labute approximate surface area is 255 Å². The second kappa shape index (κ2) is 14.6. The number of nitrogens with zero attached hydrogens (tertiary/aromatic N) is 2. The summed E-state index contributed by atoms with van der Waals surface area (Å²) in [7, 11) is -4.12. The van der Waals surface area contributed by atoms with Crippen LogP contribution in [0.5, 0.6) is 0 Å². The van der Waals surface area contributed by atoms with Gasteiger partial charge in [0.15, 0.2) is 0 Å². The number of carbonyl (C=O) groups excluding carboxylic acids is 2. The number of hydrogen-bond donors (Lipinski definition) is 1. The molecule has 4 aromatic rings. The van der Waals surface area contributed by atoms with E-state index in [9.17, 15) is 18.0 Å². The predicted molar refractivity (Wildman–Crippen MR) is 171 cm³/mol. The Kier molecular flexibility index (Phi) is 10.7. The molecular formula is C35H39N3O4S. The van der Waals surface area contributed by atoms with Gasteiger partial charge in [0.25, 0.3) is 10.0 Å². The number of rotatable bonds is 13. The van der Waals surface area contributed by atoms with Gasteiger partial charge in [-0.3, -0.25) is 13.9 Å². The van der Waals surface area contributed by atoms with Crippen LogP contribution in [0.4, 0.5) is 5.69 Å². The van der Waals surface area contributed by atoms with Gasteiger partial charge in [0.2, 0.25) is 11.8 Å². The van der Waals surface area contributed by atoms with Gasteiger partial charge in [-0.1, -0.05) is 97.4 Å². The van der Waals surface area contributed by atoms with Crippen LogP contribution in [-0.2, 0) is 32.6 Å². The van der Waals surface area contributed by atoms with Gasteiger partial charge in [-0.05, 0) is 61.2 Å². The number of hydrogen-bond acceptors (Lipinski definition) is 4. The molecule has 4 rings (SSSR count). The molecular weight excluding hydrogens is 558 g/mol. The maximum absolute atomic E-state index is 14.4. The number of aryl methyl sites for hydroxylation is 2. The predicted octanol–water partition coefficient (Wildman–Crippen LogP) is 5.67. The van der Waals surface area contributed by atoms with Gasteiger partial charge >= 0.3 is 0 Å². The van der Waals surface area contributed by atoms with Gasteiger partial charge in [0.1, 0.15) is 12.6 Å². The van der Waals surface area contributed by atoms with Crippen molar-refractivity contribution in [3.8, 4) is 0 Å². The summed E-state index contributed by atoms with van der Waals surface area (Å²) in [6, 6.07) is 31.8. The summed E-state index contributed by atoms with van der Waals surface area (Å²) in [5.41, 5.74) is 3.89. The van der Waals surface area contributed by atoms with E-state index < -0.39 is 28.5 Å². The lowest BCUT2D eigenvalue weighted by molar-refractivity contribution is -0.140. The Morgan fingerprint density at radius 2 is 1.40 bits per heavy atom. The fourth-order valence-electron chi connectivity index (χ4n) is 4.85. The van der Waals surface area contributed by atoms with E-state index in [1.807, 2.05) is 87.5 Å². The molecule has 7 nitrogen and oxygen atoms in total. The summed E-state index contributed by atoms with van der Waals surface area (Å²) < 4.78 is 29.3. The topological polar surface area (TPSA) is 86.8 Å². The number of carbonyl (C=O) groups is 2. The highest BCUT2D eigenvalue weighted by atomic mass is 32.2. The molecule has 1 unspecified atom stereocenters. The SMILES string of the molecule is CCCNC(=O)C(Cc1ccccc1)N(Cc1ccccc1)C(=O)CN(c1cccc(C)c1)S(=O)(=O)c1ccc(C)cc1. The van der Waals surface area contributed by atoms with Crippen LogP contribution >= 0.6 is 0 Å². The summed E-state index contributed by atoms with van der Waals surface area (Å²) in [5.74, 6) is -0.757. The Morgan fingerprint density at radius 3 is 2.00 bits per heavy atom. The fourth-order valence-corrected chi connectivity index (χ4v) is 6.26. The lowest BCUT2D eigenvalue weighted by Gasteiger charge is -2.34. The molecule has 0 saturated carbocycles. The van der Waals surface area contributed by atoms with Crippen LogP contribution in [0.2, 0.25) is 0 Å². The van der Waals surface area contributed by atoms with Crippen LogP contribution < -0.4 is 9.62 Å². The zero-order valence-electron chi connectivity index (χ0n) is 24.9. The molecule has 1 N–H and O–H groups in total. The molecule has 0 heterocycles. The molecule has 0 spiro atoms. The fraction of sp³-hybridized carbons (Fsp3) is 0.257. The molecule has 1 atom stereocenters. The van der Waals surface area contributed by atoms with E-state index in [1.165, 1.54) is 4.90 Å². The standard InChI is InChI=1S/C35H39N3O4S/c1-4-22-36-35(40)33(24-29-13-7-5-8-14-29)37(25-30-15-9-6-10-16-30)34(39)26-38(31-17-11-12-28(3)23-31)43(41,42)32-20-18-27(2)19-21-32/h5-21,23,33H,4,22,24-26H2,1-3H3,(H,36,40). The molecule has 0 aromatic heterocycles. The largest absolute Gasteiger partial charge is 0.354 e. The summed E-state index contributed by atoms with van der Waals surface area (Å²) in [4.78, 5) is 29.7. The smallest absolute Gasteiger partial charge is 0.264 e. The number of amides is 2. The summed E-state index contributed by atoms with van der Waals surface area (Å²) in [6.07, 6.45) is 1.02. The lowest BCUT2D eigenvalue weighted by atomic mass is 10.0. The van der Waals surface area contributed by atoms with Crippen LogP contribution in [0.25, 0.3) is 0 Å². The van der Waals surface area contributed by atoms with Crippen LogP contribution in [0.1, 0.15) is 35.6 Å². The van der Waals surface area contributed by atoms with E-state index in [0.29, 0.717) is 12.2 Å². The molecule has 0 fully saturated rings. The van der Waals surface area contributed by atoms with E-state index in [1.54, 1.807) is 42.5 Å². The lowest BCUT2D eigenvalue weighted by Crippen LogP contribution is -2.53. The third-order valence-electron chi connectivity index (χ3n) is 7.19. The van der Waals surface area contributed by atoms with Crippen molar-refractivity contribution in [2.75, 3.05) is 17.4 Å². The summed E-state index contributed by atoms with van der Waals surface area (Å²) >= 11 is 0. The Morgan fingerprint density at radius 1 is 0.767 bits per heavy atom. The van der Waals surface area contributed by atoms with E-state index in [4.69, 9.17) is 0 Å². The zero-order chi connectivity index (χ0) is 30.8. The maximum Gasteiger partial charge on any atom is 0.264 e. The van der Waals surface area contributed by atoms with Crippen LogP contribution in [0, 0.1) is 13.8 Å². The van der Waals surface area contributed by atoms with E-state index in [2.05, 4.69) is 5.32 Å². The van der Waals surface area contributed by atoms with Crippen molar-refractivity contribution < 1.29 is 18.0 Å². The molecule has 2 amide bonds. The first kappa shape index (κ1) is 31.5. The van der Waals surface area contributed by atoms with Crippen molar-refractivity contribution >= 4 is 27.5 Å². The molecule has 4 aromatic carbocycles. The van der Waals surface area contributed by atoms with Gasteiger partial charge < -0.3 is 10.2 Å². The maximum atomic E-state index is 14.4. The minimum Gasteiger partial charge on any atom is -0.354 e. The first-order chi connectivity index (χ1) is 20.7. The molecule has 43 heavy (non-hydrogen) atoms. The Hall–Kier alpha value is -4.43. The van der Waals surface area contributed by atoms with Crippen molar-refractivity contribution in [2.24, 2.45) is 0 Å². The van der Waals surface area contributed by atoms with Gasteiger partial charge in [-0.25, -0.2) is 8.42 Å². The van der Waals surface area contributed by atoms with Crippen molar-refractivity contribution in [1.29, 1.82) is 0 Å². The third-order valence-corrected chi connectivity index (χ3v) is 8.98. The van der Waals surface area contributed by atoms with Gasteiger partial charge in [0, 0.05) is 19.5 Å². The normalized spacial score (nSPS) is 11.9. The van der Waals surface area contributed by atoms with E-state index >= 15 is 0 Å². The minimum atomic E-state index is -4.12. The third kappa shape index (κ3) is 8.32. The molecule has 0 saturated heterocycles. The second-order valence-electron chi connectivity index (χ2n) is 10.7. The average molecular weight is 598 g/mol. The molecule has 0 aliphatic carbocycles. The highest BCUT2D eigenvalue weighted by Gasteiger charge is 2.34. The molecule has 0 aliphatic rings. The van der Waals surface area contributed by atoms with Crippen molar-refractivity contribution in [1.82, 2.24) is 10.2 Å². The monoisotopic (exact) mass is 597 g/mol. The number of anilines is 1. The minimum absolute atomic E-state index is 0.0866. The Bertz CT molecular complexity index is 1610. The highest BCUT2D eigenvalue weighted by Crippen LogP contribution is 2.26. The van der Waals surface area contributed by atoms with Crippen molar-refractivity contribution in [2.45, 2.75) is 51.1 Å². The number of nitrogens with one attached hydrogen (secondary N) is 1. The summed E-state index contributed by atoms with van der Waals surface area (Å²) in [6.45, 7) is 5.86. The number of benzene rings is 4.